The fourth-order valence-corrected chi connectivity index (χ4v) is 2.93. The summed E-state index contributed by atoms with van der Waals surface area (Å²) in [6.07, 6.45) is 3.53. The van der Waals surface area contributed by atoms with Gasteiger partial charge in [0.2, 0.25) is 0 Å². The highest BCUT2D eigenvalue weighted by Crippen LogP contribution is 2.19. The van der Waals surface area contributed by atoms with Crippen LogP contribution in [0.25, 0.3) is 11.0 Å². The summed E-state index contributed by atoms with van der Waals surface area (Å²) in [4.78, 5) is 18.0. The SMILES string of the molecule is N#Cc1ccnc(N2CCN(c3cnc4ccccc4n3)CC2)c1. The number of anilines is 2. The van der Waals surface area contributed by atoms with E-state index in [0.29, 0.717) is 5.56 Å². The highest BCUT2D eigenvalue weighted by Gasteiger charge is 2.19. The number of piperazine rings is 1. The van der Waals surface area contributed by atoms with E-state index in [2.05, 4.69) is 25.8 Å². The first-order chi connectivity index (χ1) is 11.8. The van der Waals surface area contributed by atoms with Gasteiger partial charge in [0.05, 0.1) is 28.9 Å². The Morgan fingerprint density at radius 3 is 2.33 bits per heavy atom. The van der Waals surface area contributed by atoms with Crippen molar-refractivity contribution in [2.75, 3.05) is 36.0 Å². The highest BCUT2D eigenvalue weighted by atomic mass is 15.3. The van der Waals surface area contributed by atoms with Gasteiger partial charge >= 0.3 is 0 Å². The van der Waals surface area contributed by atoms with Crippen molar-refractivity contribution in [1.29, 1.82) is 5.26 Å². The number of nitriles is 1. The molecule has 1 saturated heterocycles. The molecule has 1 aliphatic heterocycles. The third-order valence-electron chi connectivity index (χ3n) is 4.24. The number of hydrogen-bond acceptors (Lipinski definition) is 6. The van der Waals surface area contributed by atoms with E-state index in [4.69, 9.17) is 10.2 Å². The van der Waals surface area contributed by atoms with E-state index < -0.39 is 0 Å². The van der Waals surface area contributed by atoms with E-state index in [1.807, 2.05) is 36.5 Å². The smallest absolute Gasteiger partial charge is 0.147 e. The van der Waals surface area contributed by atoms with E-state index in [0.717, 1.165) is 48.8 Å². The quantitative estimate of drug-likeness (QED) is 0.722. The van der Waals surface area contributed by atoms with Gasteiger partial charge in [-0.1, -0.05) is 12.1 Å². The molecule has 6 heteroatoms. The standard InChI is InChI=1S/C18H16N6/c19-12-14-5-6-20-17(11-14)23-7-9-24(10-8-23)18-13-21-15-3-1-2-4-16(15)22-18/h1-6,11,13H,7-10H2. The molecule has 0 aliphatic carbocycles. The number of fused-ring (bicyclic) bond motifs is 1. The molecule has 3 heterocycles. The van der Waals surface area contributed by atoms with Gasteiger partial charge in [0.25, 0.3) is 0 Å². The van der Waals surface area contributed by atoms with Crippen molar-refractivity contribution in [3.8, 4) is 6.07 Å². The normalized spacial score (nSPS) is 14.6. The van der Waals surface area contributed by atoms with Crippen LogP contribution in [0.3, 0.4) is 0 Å². The van der Waals surface area contributed by atoms with E-state index in [1.54, 1.807) is 12.3 Å². The topological polar surface area (TPSA) is 68.9 Å². The summed E-state index contributed by atoms with van der Waals surface area (Å²) in [6.45, 7) is 3.39. The molecule has 0 amide bonds. The molecule has 24 heavy (non-hydrogen) atoms. The largest absolute Gasteiger partial charge is 0.353 e. The summed E-state index contributed by atoms with van der Waals surface area (Å²) in [5, 5.41) is 9.02. The van der Waals surface area contributed by atoms with Crippen molar-refractivity contribution in [3.05, 3.63) is 54.4 Å². The number of rotatable bonds is 2. The Morgan fingerprint density at radius 2 is 1.58 bits per heavy atom. The molecule has 0 atom stereocenters. The molecule has 3 aromatic rings. The van der Waals surface area contributed by atoms with Crippen molar-refractivity contribution in [1.82, 2.24) is 15.0 Å². The highest BCUT2D eigenvalue weighted by molar-refractivity contribution is 5.75. The van der Waals surface area contributed by atoms with Crippen LogP contribution < -0.4 is 9.80 Å². The van der Waals surface area contributed by atoms with Crippen LogP contribution in [0.2, 0.25) is 0 Å². The number of benzene rings is 1. The predicted molar refractivity (Wildman–Crippen MR) is 92.9 cm³/mol. The molecule has 1 aliphatic rings. The molecular formula is C18H16N6. The Labute approximate surface area is 140 Å². The van der Waals surface area contributed by atoms with E-state index in [-0.39, 0.29) is 0 Å². The molecule has 0 radical (unpaired) electrons. The molecule has 0 bridgehead atoms. The molecule has 1 fully saturated rings. The maximum absolute atomic E-state index is 9.02. The summed E-state index contributed by atoms with van der Waals surface area (Å²) in [7, 11) is 0. The second kappa shape index (κ2) is 6.13. The lowest BCUT2D eigenvalue weighted by Crippen LogP contribution is -2.47. The number of pyridine rings is 1. The van der Waals surface area contributed by atoms with Gasteiger partial charge in [-0.15, -0.1) is 0 Å². The van der Waals surface area contributed by atoms with Crippen LogP contribution in [0.5, 0.6) is 0 Å². The van der Waals surface area contributed by atoms with Gasteiger partial charge in [-0.2, -0.15) is 5.26 Å². The molecule has 1 aromatic carbocycles. The number of nitrogens with zero attached hydrogens (tertiary/aromatic N) is 6. The zero-order chi connectivity index (χ0) is 16.4. The zero-order valence-electron chi connectivity index (χ0n) is 13.1. The average molecular weight is 316 g/mol. The Kier molecular flexibility index (Phi) is 3.67. The molecule has 6 nitrogen and oxygen atoms in total. The minimum atomic E-state index is 0.642. The molecule has 4 rings (SSSR count). The van der Waals surface area contributed by atoms with E-state index in [9.17, 15) is 0 Å². The maximum atomic E-state index is 9.02. The van der Waals surface area contributed by atoms with Crippen molar-refractivity contribution in [2.24, 2.45) is 0 Å². The van der Waals surface area contributed by atoms with Gasteiger partial charge in [-0.25, -0.2) is 9.97 Å². The fourth-order valence-electron chi connectivity index (χ4n) is 2.93. The first-order valence-electron chi connectivity index (χ1n) is 7.91. The van der Waals surface area contributed by atoms with Gasteiger partial charge in [0.1, 0.15) is 11.6 Å². The molecule has 2 aromatic heterocycles. The third kappa shape index (κ3) is 2.72. The Balaban J connectivity index is 1.49. The van der Waals surface area contributed by atoms with Gasteiger partial charge in [0, 0.05) is 32.4 Å². The van der Waals surface area contributed by atoms with E-state index >= 15 is 0 Å². The minimum absolute atomic E-state index is 0.642. The number of hydrogen-bond donors (Lipinski definition) is 0. The van der Waals surface area contributed by atoms with Gasteiger partial charge in [-0.05, 0) is 24.3 Å². The van der Waals surface area contributed by atoms with Gasteiger partial charge in [0.15, 0.2) is 0 Å². The molecule has 0 unspecified atom stereocenters. The summed E-state index contributed by atoms with van der Waals surface area (Å²) < 4.78 is 0. The van der Waals surface area contributed by atoms with Gasteiger partial charge < -0.3 is 9.80 Å². The van der Waals surface area contributed by atoms with Crippen LogP contribution in [-0.2, 0) is 0 Å². The lowest BCUT2D eigenvalue weighted by molar-refractivity contribution is 0.641. The first-order valence-corrected chi connectivity index (χ1v) is 7.91. The zero-order valence-corrected chi connectivity index (χ0v) is 13.1. The van der Waals surface area contributed by atoms with Crippen molar-refractivity contribution < 1.29 is 0 Å². The molecule has 0 saturated carbocycles. The van der Waals surface area contributed by atoms with Crippen LogP contribution in [0.4, 0.5) is 11.6 Å². The third-order valence-corrected chi connectivity index (χ3v) is 4.24. The van der Waals surface area contributed by atoms with Crippen LogP contribution in [0.15, 0.2) is 48.8 Å². The Bertz CT molecular complexity index is 909. The van der Waals surface area contributed by atoms with Crippen LogP contribution in [0, 0.1) is 11.3 Å². The first kappa shape index (κ1) is 14.4. The Hall–Kier alpha value is -3.20. The minimum Gasteiger partial charge on any atom is -0.353 e. The van der Waals surface area contributed by atoms with Crippen molar-refractivity contribution in [2.45, 2.75) is 0 Å². The molecule has 118 valence electrons. The fraction of sp³-hybridized carbons (Fsp3) is 0.222. The van der Waals surface area contributed by atoms with Gasteiger partial charge in [-0.3, -0.25) is 4.98 Å². The predicted octanol–water partition coefficient (Wildman–Crippen LogP) is 2.22. The van der Waals surface area contributed by atoms with Crippen molar-refractivity contribution >= 4 is 22.7 Å². The van der Waals surface area contributed by atoms with Crippen LogP contribution >= 0.6 is 0 Å². The summed E-state index contributed by atoms with van der Waals surface area (Å²) in [6, 6.07) is 13.6. The Morgan fingerprint density at radius 1 is 0.875 bits per heavy atom. The molecular weight excluding hydrogens is 300 g/mol. The molecule has 0 spiro atoms. The second-order valence-corrected chi connectivity index (χ2v) is 5.71. The van der Waals surface area contributed by atoms with Crippen LogP contribution in [0.1, 0.15) is 5.56 Å². The van der Waals surface area contributed by atoms with E-state index in [1.165, 1.54) is 0 Å². The second-order valence-electron chi connectivity index (χ2n) is 5.71. The maximum Gasteiger partial charge on any atom is 0.147 e. The lowest BCUT2D eigenvalue weighted by atomic mass is 10.2. The summed E-state index contributed by atoms with van der Waals surface area (Å²) in [5.41, 5.74) is 2.47. The summed E-state index contributed by atoms with van der Waals surface area (Å²) >= 11 is 0. The van der Waals surface area contributed by atoms with Crippen molar-refractivity contribution in [3.63, 3.8) is 0 Å². The number of aromatic nitrogens is 3. The van der Waals surface area contributed by atoms with Crippen LogP contribution in [-0.4, -0.2) is 41.1 Å². The summed E-state index contributed by atoms with van der Waals surface area (Å²) in [5.74, 6) is 1.77. The molecule has 0 N–H and O–H groups in total. The average Bonchev–Trinajstić information content (AvgIpc) is 2.68. The number of para-hydroxylation sites is 2. The lowest BCUT2D eigenvalue weighted by Gasteiger charge is -2.36. The monoisotopic (exact) mass is 316 g/mol.